The van der Waals surface area contributed by atoms with Gasteiger partial charge in [0.05, 0.1) is 23.3 Å². The van der Waals surface area contributed by atoms with Crippen LogP contribution in [-0.2, 0) is 0 Å². The standard InChI is InChI=1S/C23H29Cl2NO4/c1-3-11-26(12-4-2)23(28)17-7-9-19(10-8-17)29-13-5-6-14-30-22-20(24)15-18(27)16-21(22)25/h7-10,15-16,27H,3-6,11-14H2,1-2H3. The minimum atomic E-state index is 0.00176. The summed E-state index contributed by atoms with van der Waals surface area (Å²) in [6, 6.07) is 10.1. The minimum Gasteiger partial charge on any atom is -0.508 e. The normalized spacial score (nSPS) is 10.7. The highest BCUT2D eigenvalue weighted by Gasteiger charge is 2.14. The van der Waals surface area contributed by atoms with Gasteiger partial charge in [0.25, 0.3) is 5.91 Å². The van der Waals surface area contributed by atoms with E-state index in [2.05, 4.69) is 13.8 Å². The van der Waals surface area contributed by atoms with Crippen molar-refractivity contribution < 1.29 is 19.4 Å². The fourth-order valence-corrected chi connectivity index (χ4v) is 3.57. The Morgan fingerprint density at radius 2 is 1.47 bits per heavy atom. The lowest BCUT2D eigenvalue weighted by Gasteiger charge is -2.21. The quantitative estimate of drug-likeness (QED) is 0.388. The Morgan fingerprint density at radius 1 is 0.933 bits per heavy atom. The number of rotatable bonds is 12. The molecule has 7 heteroatoms. The first-order valence-electron chi connectivity index (χ1n) is 10.3. The van der Waals surface area contributed by atoms with Crippen LogP contribution in [0.1, 0.15) is 49.9 Å². The van der Waals surface area contributed by atoms with Gasteiger partial charge in [0.15, 0.2) is 5.75 Å². The summed E-state index contributed by atoms with van der Waals surface area (Å²) in [7, 11) is 0. The van der Waals surface area contributed by atoms with Crippen molar-refractivity contribution in [2.45, 2.75) is 39.5 Å². The van der Waals surface area contributed by atoms with Crippen LogP contribution in [0.4, 0.5) is 0 Å². The molecule has 0 saturated heterocycles. The summed E-state index contributed by atoms with van der Waals surface area (Å²) < 4.78 is 11.4. The molecule has 2 aromatic carbocycles. The van der Waals surface area contributed by atoms with E-state index >= 15 is 0 Å². The van der Waals surface area contributed by atoms with E-state index in [1.54, 1.807) is 0 Å². The first-order chi connectivity index (χ1) is 14.5. The van der Waals surface area contributed by atoms with Crippen LogP contribution >= 0.6 is 23.2 Å². The zero-order valence-electron chi connectivity index (χ0n) is 17.5. The number of unbranched alkanes of at least 4 members (excludes halogenated alkanes) is 1. The maximum Gasteiger partial charge on any atom is 0.253 e. The second-order valence-electron chi connectivity index (χ2n) is 6.96. The maximum atomic E-state index is 12.6. The van der Waals surface area contributed by atoms with Crippen LogP contribution in [0.3, 0.4) is 0 Å². The van der Waals surface area contributed by atoms with Crippen LogP contribution in [0.2, 0.25) is 10.0 Å². The number of hydrogen-bond acceptors (Lipinski definition) is 4. The largest absolute Gasteiger partial charge is 0.508 e. The van der Waals surface area contributed by atoms with Crippen molar-refractivity contribution in [1.29, 1.82) is 0 Å². The van der Waals surface area contributed by atoms with Gasteiger partial charge in [-0.15, -0.1) is 0 Å². The summed E-state index contributed by atoms with van der Waals surface area (Å²) in [6.45, 7) is 6.66. The zero-order valence-corrected chi connectivity index (χ0v) is 19.0. The Balaban J connectivity index is 1.73. The summed E-state index contributed by atoms with van der Waals surface area (Å²) >= 11 is 12.0. The Kier molecular flexibility index (Phi) is 10.1. The molecular weight excluding hydrogens is 425 g/mol. The van der Waals surface area contributed by atoms with E-state index in [0.717, 1.165) is 44.5 Å². The molecule has 2 aromatic rings. The molecule has 164 valence electrons. The van der Waals surface area contributed by atoms with Gasteiger partial charge in [-0.05, 0) is 49.9 Å². The predicted octanol–water partition coefficient (Wildman–Crippen LogP) is 6.20. The lowest BCUT2D eigenvalue weighted by Crippen LogP contribution is -2.32. The predicted molar refractivity (Wildman–Crippen MR) is 121 cm³/mol. The summed E-state index contributed by atoms with van der Waals surface area (Å²) in [6.07, 6.45) is 3.44. The zero-order chi connectivity index (χ0) is 21.9. The van der Waals surface area contributed by atoms with Gasteiger partial charge < -0.3 is 19.5 Å². The number of carbonyl (C=O) groups excluding carboxylic acids is 1. The highest BCUT2D eigenvalue weighted by molar-refractivity contribution is 6.37. The van der Waals surface area contributed by atoms with Gasteiger partial charge in [0.1, 0.15) is 11.5 Å². The van der Waals surface area contributed by atoms with E-state index in [1.807, 2.05) is 29.2 Å². The Hall–Kier alpha value is -2.11. The molecule has 0 aliphatic carbocycles. The molecule has 30 heavy (non-hydrogen) atoms. The Labute approximate surface area is 188 Å². The summed E-state index contributed by atoms with van der Waals surface area (Å²) in [5.74, 6) is 1.17. The Morgan fingerprint density at radius 3 is 2.00 bits per heavy atom. The van der Waals surface area contributed by atoms with Crippen molar-refractivity contribution in [3.05, 3.63) is 52.0 Å². The number of ether oxygens (including phenoxy) is 2. The molecular formula is C23H29Cl2NO4. The average Bonchev–Trinajstić information content (AvgIpc) is 2.71. The summed E-state index contributed by atoms with van der Waals surface area (Å²) in [5.41, 5.74) is 0.681. The summed E-state index contributed by atoms with van der Waals surface area (Å²) in [5, 5.41) is 9.99. The number of halogens is 2. The third-order valence-corrected chi connectivity index (χ3v) is 4.97. The second-order valence-corrected chi connectivity index (χ2v) is 7.77. The maximum absolute atomic E-state index is 12.6. The van der Waals surface area contributed by atoms with E-state index in [-0.39, 0.29) is 21.7 Å². The average molecular weight is 454 g/mol. The number of hydrogen-bond donors (Lipinski definition) is 1. The van der Waals surface area contributed by atoms with Crippen molar-refractivity contribution in [3.8, 4) is 17.2 Å². The SMILES string of the molecule is CCCN(CCC)C(=O)c1ccc(OCCCCOc2c(Cl)cc(O)cc2Cl)cc1. The van der Waals surface area contributed by atoms with E-state index in [0.29, 0.717) is 24.5 Å². The lowest BCUT2D eigenvalue weighted by molar-refractivity contribution is 0.0755. The van der Waals surface area contributed by atoms with Crippen LogP contribution in [0.15, 0.2) is 36.4 Å². The van der Waals surface area contributed by atoms with E-state index in [1.165, 1.54) is 12.1 Å². The second kappa shape index (κ2) is 12.6. The molecule has 2 rings (SSSR count). The van der Waals surface area contributed by atoms with Crippen molar-refractivity contribution in [2.75, 3.05) is 26.3 Å². The molecule has 5 nitrogen and oxygen atoms in total. The number of amides is 1. The number of benzene rings is 2. The van der Waals surface area contributed by atoms with Crippen molar-refractivity contribution >= 4 is 29.1 Å². The van der Waals surface area contributed by atoms with Crippen LogP contribution in [-0.4, -0.2) is 42.2 Å². The molecule has 0 aliphatic heterocycles. The monoisotopic (exact) mass is 453 g/mol. The fraction of sp³-hybridized carbons (Fsp3) is 0.435. The van der Waals surface area contributed by atoms with Gasteiger partial charge in [-0.2, -0.15) is 0 Å². The van der Waals surface area contributed by atoms with Gasteiger partial charge in [0.2, 0.25) is 0 Å². The number of phenols is 1. The number of aromatic hydroxyl groups is 1. The van der Waals surface area contributed by atoms with Gasteiger partial charge in [0, 0.05) is 30.8 Å². The highest BCUT2D eigenvalue weighted by Crippen LogP contribution is 2.36. The first kappa shape index (κ1) is 24.2. The summed E-state index contributed by atoms with van der Waals surface area (Å²) in [4.78, 5) is 14.5. The highest BCUT2D eigenvalue weighted by atomic mass is 35.5. The van der Waals surface area contributed by atoms with Crippen LogP contribution < -0.4 is 9.47 Å². The molecule has 0 aliphatic rings. The number of nitrogens with zero attached hydrogens (tertiary/aromatic N) is 1. The van der Waals surface area contributed by atoms with Crippen molar-refractivity contribution in [1.82, 2.24) is 4.90 Å². The van der Waals surface area contributed by atoms with Crippen molar-refractivity contribution in [3.63, 3.8) is 0 Å². The molecule has 0 aromatic heterocycles. The van der Waals surface area contributed by atoms with E-state index in [9.17, 15) is 9.90 Å². The molecule has 0 radical (unpaired) electrons. The van der Waals surface area contributed by atoms with Crippen LogP contribution in [0.25, 0.3) is 0 Å². The third-order valence-electron chi connectivity index (χ3n) is 4.41. The first-order valence-corrected chi connectivity index (χ1v) is 11.0. The number of carbonyl (C=O) groups is 1. The number of phenolic OH excluding ortho intramolecular Hbond substituents is 1. The molecule has 0 heterocycles. The molecule has 0 unspecified atom stereocenters. The van der Waals surface area contributed by atoms with Gasteiger partial charge in [-0.3, -0.25) is 4.79 Å². The van der Waals surface area contributed by atoms with Gasteiger partial charge in [-0.1, -0.05) is 37.0 Å². The van der Waals surface area contributed by atoms with E-state index in [4.69, 9.17) is 32.7 Å². The molecule has 0 saturated carbocycles. The fourth-order valence-electron chi connectivity index (χ4n) is 2.98. The molecule has 0 fully saturated rings. The van der Waals surface area contributed by atoms with Crippen molar-refractivity contribution in [2.24, 2.45) is 0 Å². The van der Waals surface area contributed by atoms with Gasteiger partial charge >= 0.3 is 0 Å². The van der Waals surface area contributed by atoms with Crippen LogP contribution in [0.5, 0.6) is 17.2 Å². The van der Waals surface area contributed by atoms with E-state index < -0.39 is 0 Å². The molecule has 0 bridgehead atoms. The topological polar surface area (TPSA) is 59.0 Å². The molecule has 1 amide bonds. The van der Waals surface area contributed by atoms with Gasteiger partial charge in [-0.25, -0.2) is 0 Å². The minimum absolute atomic E-state index is 0.00176. The molecule has 0 spiro atoms. The smallest absolute Gasteiger partial charge is 0.253 e. The van der Waals surface area contributed by atoms with Crippen LogP contribution in [0, 0.1) is 0 Å². The third kappa shape index (κ3) is 7.29. The lowest BCUT2D eigenvalue weighted by atomic mass is 10.2. The Bertz CT molecular complexity index is 782. The molecule has 1 N–H and O–H groups in total. The molecule has 0 atom stereocenters.